The van der Waals surface area contributed by atoms with Crippen LogP contribution in [0.3, 0.4) is 0 Å². The first-order valence-electron chi connectivity index (χ1n) is 5.17. The molecule has 82 valence electrons. The van der Waals surface area contributed by atoms with Crippen molar-refractivity contribution in [3.8, 4) is 0 Å². The molecule has 1 aliphatic rings. The molecule has 1 amide bonds. The molecule has 0 aliphatic carbocycles. The van der Waals surface area contributed by atoms with E-state index >= 15 is 0 Å². The Morgan fingerprint density at radius 3 is 2.57 bits per heavy atom. The van der Waals surface area contributed by atoms with Gasteiger partial charge < -0.3 is 10.1 Å². The van der Waals surface area contributed by atoms with Crippen LogP contribution in [0.5, 0.6) is 0 Å². The van der Waals surface area contributed by atoms with E-state index in [4.69, 9.17) is 4.74 Å². The number of ether oxygens (including phenoxy) is 1. The van der Waals surface area contributed by atoms with Crippen molar-refractivity contribution in [3.05, 3.63) is 0 Å². The van der Waals surface area contributed by atoms with Crippen molar-refractivity contribution in [2.24, 2.45) is 0 Å². The standard InChI is InChI=1S/C10H19NO2S/c1-3-10(4-6-13-7-5-10)11-9(12)8(2)14/h8,14H,3-7H2,1-2H3,(H,11,12). The third kappa shape index (κ3) is 2.89. The molecule has 0 bridgehead atoms. The number of hydrogen-bond donors (Lipinski definition) is 2. The number of rotatable bonds is 3. The van der Waals surface area contributed by atoms with Crippen LogP contribution in [-0.2, 0) is 9.53 Å². The average Bonchev–Trinajstić information content (AvgIpc) is 2.19. The topological polar surface area (TPSA) is 38.3 Å². The van der Waals surface area contributed by atoms with E-state index in [-0.39, 0.29) is 16.7 Å². The maximum absolute atomic E-state index is 11.5. The molecule has 0 aromatic heterocycles. The van der Waals surface area contributed by atoms with Crippen LogP contribution in [0.25, 0.3) is 0 Å². The molecular formula is C10H19NO2S. The van der Waals surface area contributed by atoms with Crippen LogP contribution < -0.4 is 5.32 Å². The molecule has 4 heteroatoms. The molecule has 0 radical (unpaired) electrons. The molecular weight excluding hydrogens is 198 g/mol. The molecule has 1 saturated heterocycles. The maximum atomic E-state index is 11.5. The first kappa shape index (κ1) is 11.9. The van der Waals surface area contributed by atoms with Gasteiger partial charge in [-0.15, -0.1) is 0 Å². The smallest absolute Gasteiger partial charge is 0.232 e. The van der Waals surface area contributed by atoms with Crippen LogP contribution in [0.1, 0.15) is 33.1 Å². The Labute approximate surface area is 91.0 Å². The summed E-state index contributed by atoms with van der Waals surface area (Å²) in [7, 11) is 0. The molecule has 0 saturated carbocycles. The monoisotopic (exact) mass is 217 g/mol. The first-order valence-corrected chi connectivity index (χ1v) is 5.69. The highest BCUT2D eigenvalue weighted by Crippen LogP contribution is 2.24. The molecule has 1 heterocycles. The minimum atomic E-state index is -0.235. The fourth-order valence-corrected chi connectivity index (χ4v) is 1.76. The summed E-state index contributed by atoms with van der Waals surface area (Å²) in [6.07, 6.45) is 2.79. The molecule has 0 spiro atoms. The minimum Gasteiger partial charge on any atom is -0.381 e. The van der Waals surface area contributed by atoms with Crippen LogP contribution in [0.15, 0.2) is 0 Å². The van der Waals surface area contributed by atoms with Crippen LogP contribution in [0.4, 0.5) is 0 Å². The molecule has 1 aliphatic heterocycles. The van der Waals surface area contributed by atoms with Gasteiger partial charge in [0.1, 0.15) is 0 Å². The number of carbonyl (C=O) groups excluding carboxylic acids is 1. The lowest BCUT2D eigenvalue weighted by Crippen LogP contribution is -2.53. The van der Waals surface area contributed by atoms with Gasteiger partial charge in [-0.2, -0.15) is 12.6 Å². The van der Waals surface area contributed by atoms with Crippen molar-refractivity contribution in [2.45, 2.75) is 43.9 Å². The number of thiol groups is 1. The zero-order chi connectivity index (χ0) is 10.6. The summed E-state index contributed by atoms with van der Waals surface area (Å²) in [6.45, 7) is 5.39. The lowest BCUT2D eigenvalue weighted by molar-refractivity contribution is -0.123. The summed E-state index contributed by atoms with van der Waals surface area (Å²) in [5.41, 5.74) is -0.0493. The number of amides is 1. The predicted octanol–water partition coefficient (Wildman–Crippen LogP) is 1.38. The highest BCUT2D eigenvalue weighted by molar-refractivity contribution is 7.81. The Morgan fingerprint density at radius 2 is 2.14 bits per heavy atom. The second kappa shape index (κ2) is 5.03. The van der Waals surface area contributed by atoms with E-state index in [1.165, 1.54) is 0 Å². The SMILES string of the molecule is CCC1(NC(=O)C(C)S)CCOCC1. The van der Waals surface area contributed by atoms with Gasteiger partial charge in [0.2, 0.25) is 5.91 Å². The largest absolute Gasteiger partial charge is 0.381 e. The summed E-state index contributed by atoms with van der Waals surface area (Å²) in [6, 6.07) is 0. The summed E-state index contributed by atoms with van der Waals surface area (Å²) >= 11 is 4.13. The normalized spacial score (nSPS) is 22.8. The van der Waals surface area contributed by atoms with Crippen LogP contribution in [-0.4, -0.2) is 29.9 Å². The van der Waals surface area contributed by atoms with Crippen LogP contribution >= 0.6 is 12.6 Å². The molecule has 0 aromatic carbocycles. The average molecular weight is 217 g/mol. The Morgan fingerprint density at radius 1 is 1.57 bits per heavy atom. The molecule has 1 fully saturated rings. The Hall–Kier alpha value is -0.220. The molecule has 14 heavy (non-hydrogen) atoms. The van der Waals surface area contributed by atoms with Gasteiger partial charge in [0, 0.05) is 18.8 Å². The molecule has 3 nitrogen and oxygen atoms in total. The lowest BCUT2D eigenvalue weighted by atomic mass is 9.87. The van der Waals surface area contributed by atoms with Gasteiger partial charge in [-0.1, -0.05) is 6.92 Å². The van der Waals surface area contributed by atoms with E-state index < -0.39 is 0 Å². The van der Waals surface area contributed by atoms with Gasteiger partial charge in [-0.05, 0) is 26.2 Å². The van der Waals surface area contributed by atoms with Gasteiger partial charge in [0.15, 0.2) is 0 Å². The van der Waals surface area contributed by atoms with Crippen LogP contribution in [0.2, 0.25) is 0 Å². The summed E-state index contributed by atoms with van der Waals surface area (Å²) in [4.78, 5) is 11.5. The minimum absolute atomic E-state index is 0.0251. The van der Waals surface area contributed by atoms with E-state index in [0.29, 0.717) is 0 Å². The molecule has 1 N–H and O–H groups in total. The van der Waals surface area contributed by atoms with E-state index in [9.17, 15) is 4.79 Å². The number of hydrogen-bond acceptors (Lipinski definition) is 3. The van der Waals surface area contributed by atoms with Crippen molar-refractivity contribution in [2.75, 3.05) is 13.2 Å². The van der Waals surface area contributed by atoms with Gasteiger partial charge in [0.25, 0.3) is 0 Å². The van der Waals surface area contributed by atoms with Gasteiger partial charge in [-0.3, -0.25) is 4.79 Å². The summed E-state index contributed by atoms with van der Waals surface area (Å²) in [5, 5.41) is 2.85. The van der Waals surface area contributed by atoms with Crippen LogP contribution in [0, 0.1) is 0 Å². The van der Waals surface area contributed by atoms with Crippen molar-refractivity contribution < 1.29 is 9.53 Å². The number of carbonyl (C=O) groups is 1. The molecule has 0 aromatic rings. The van der Waals surface area contributed by atoms with E-state index in [2.05, 4.69) is 24.9 Å². The molecule has 1 rings (SSSR count). The summed E-state index contributed by atoms with van der Waals surface area (Å²) < 4.78 is 5.30. The van der Waals surface area contributed by atoms with Crippen molar-refractivity contribution in [1.29, 1.82) is 0 Å². The third-order valence-corrected chi connectivity index (χ3v) is 3.13. The van der Waals surface area contributed by atoms with Gasteiger partial charge in [0.05, 0.1) is 5.25 Å². The van der Waals surface area contributed by atoms with Crippen molar-refractivity contribution in [3.63, 3.8) is 0 Å². The fourth-order valence-electron chi connectivity index (χ4n) is 1.69. The predicted molar refractivity (Wildman–Crippen MR) is 59.7 cm³/mol. The van der Waals surface area contributed by atoms with Crippen molar-refractivity contribution >= 4 is 18.5 Å². The second-order valence-electron chi connectivity index (χ2n) is 3.91. The maximum Gasteiger partial charge on any atom is 0.232 e. The third-order valence-electron chi connectivity index (χ3n) is 2.89. The Balaban J connectivity index is 2.56. The molecule has 1 atom stereocenters. The zero-order valence-corrected chi connectivity index (χ0v) is 9.77. The van der Waals surface area contributed by atoms with E-state index in [1.807, 2.05) is 0 Å². The first-order chi connectivity index (χ1) is 6.59. The highest BCUT2D eigenvalue weighted by Gasteiger charge is 2.32. The van der Waals surface area contributed by atoms with E-state index in [1.54, 1.807) is 6.92 Å². The zero-order valence-electron chi connectivity index (χ0n) is 8.88. The fraction of sp³-hybridized carbons (Fsp3) is 0.900. The number of nitrogens with one attached hydrogen (secondary N) is 1. The molecule has 1 unspecified atom stereocenters. The Bertz CT molecular complexity index is 200. The van der Waals surface area contributed by atoms with Crippen molar-refractivity contribution in [1.82, 2.24) is 5.32 Å². The lowest BCUT2D eigenvalue weighted by Gasteiger charge is -2.37. The van der Waals surface area contributed by atoms with Gasteiger partial charge >= 0.3 is 0 Å². The summed E-state index contributed by atoms with van der Waals surface area (Å²) in [5.74, 6) is 0.0251. The second-order valence-corrected chi connectivity index (χ2v) is 4.69. The Kier molecular flexibility index (Phi) is 4.26. The van der Waals surface area contributed by atoms with Gasteiger partial charge in [-0.25, -0.2) is 0 Å². The quantitative estimate of drug-likeness (QED) is 0.701. The highest BCUT2D eigenvalue weighted by atomic mass is 32.1. The van der Waals surface area contributed by atoms with E-state index in [0.717, 1.165) is 32.5 Å².